The summed E-state index contributed by atoms with van der Waals surface area (Å²) < 4.78 is 52.6. The smallest absolute Gasteiger partial charge is 0.469 e. The Kier molecular flexibility index (Phi) is 9.76. The number of ether oxygens (including phenoxy) is 2. The third-order valence-electron chi connectivity index (χ3n) is 4.43. The highest BCUT2D eigenvalue weighted by Crippen LogP contribution is 2.26. The van der Waals surface area contributed by atoms with Gasteiger partial charge in [0.2, 0.25) is 0 Å². The van der Waals surface area contributed by atoms with Crippen molar-refractivity contribution in [1.82, 2.24) is 10.6 Å². The van der Waals surface area contributed by atoms with E-state index < -0.39 is 6.36 Å². The van der Waals surface area contributed by atoms with Gasteiger partial charge in [-0.3, -0.25) is 0 Å². The summed E-state index contributed by atoms with van der Waals surface area (Å²) in [6, 6.07) is 9.70. The van der Waals surface area contributed by atoms with Crippen LogP contribution in [0, 0.1) is 5.92 Å². The maximum absolute atomic E-state index is 12.6. The molecular weight excluding hydrogens is 514 g/mol. The third kappa shape index (κ3) is 8.42. The molecule has 0 amide bonds. The number of alkyl halides is 3. The number of hydrogen-bond donors (Lipinski definition) is 2. The van der Waals surface area contributed by atoms with Gasteiger partial charge < -0.3 is 24.5 Å². The molecule has 3 rings (SSSR count). The van der Waals surface area contributed by atoms with Crippen molar-refractivity contribution in [2.45, 2.75) is 25.7 Å². The second-order valence-corrected chi connectivity index (χ2v) is 6.69. The maximum atomic E-state index is 12.6. The molecule has 1 saturated heterocycles. The van der Waals surface area contributed by atoms with Crippen molar-refractivity contribution in [2.75, 3.05) is 26.3 Å². The first-order valence-electron chi connectivity index (χ1n) is 9.45. The lowest BCUT2D eigenvalue weighted by atomic mass is 10.1. The molecule has 0 spiro atoms. The summed E-state index contributed by atoms with van der Waals surface area (Å²) in [4.78, 5) is 4.44. The Hall–Kier alpha value is -1.95. The van der Waals surface area contributed by atoms with Crippen molar-refractivity contribution in [1.29, 1.82) is 0 Å². The van der Waals surface area contributed by atoms with Crippen LogP contribution in [0.4, 0.5) is 13.2 Å². The van der Waals surface area contributed by atoms with E-state index in [9.17, 15) is 13.2 Å². The van der Waals surface area contributed by atoms with Crippen molar-refractivity contribution >= 4 is 29.9 Å². The summed E-state index contributed by atoms with van der Waals surface area (Å²) in [5.74, 6) is 1.49. The fourth-order valence-corrected chi connectivity index (χ4v) is 2.94. The number of nitrogens with zero attached hydrogens (tertiary/aromatic N) is 1. The van der Waals surface area contributed by atoms with Crippen LogP contribution in [0.3, 0.4) is 0 Å². The lowest BCUT2D eigenvalue weighted by Gasteiger charge is -2.16. The van der Waals surface area contributed by atoms with Crippen LogP contribution in [-0.2, 0) is 17.7 Å². The Labute approximate surface area is 190 Å². The van der Waals surface area contributed by atoms with E-state index >= 15 is 0 Å². The van der Waals surface area contributed by atoms with Gasteiger partial charge in [0.1, 0.15) is 11.5 Å². The molecule has 1 aromatic heterocycles. The van der Waals surface area contributed by atoms with Crippen molar-refractivity contribution in [3.63, 3.8) is 0 Å². The van der Waals surface area contributed by atoms with Crippen LogP contribution < -0.4 is 15.4 Å². The van der Waals surface area contributed by atoms with E-state index in [0.29, 0.717) is 43.6 Å². The number of para-hydroxylation sites is 1. The number of nitrogens with one attached hydrogen (secondary N) is 2. The molecule has 0 bridgehead atoms. The van der Waals surface area contributed by atoms with Crippen molar-refractivity contribution in [3.8, 4) is 5.75 Å². The number of halogens is 4. The second-order valence-electron chi connectivity index (χ2n) is 6.69. The van der Waals surface area contributed by atoms with Crippen LogP contribution >= 0.6 is 24.0 Å². The molecule has 6 nitrogen and oxygen atoms in total. The van der Waals surface area contributed by atoms with Crippen LogP contribution in [0.25, 0.3) is 0 Å². The summed E-state index contributed by atoms with van der Waals surface area (Å²) in [6.45, 7) is 2.72. The van der Waals surface area contributed by atoms with Crippen LogP contribution in [-0.4, -0.2) is 38.6 Å². The normalized spacial score (nSPS) is 16.8. The molecule has 1 fully saturated rings. The average molecular weight is 539 g/mol. The molecule has 30 heavy (non-hydrogen) atoms. The standard InChI is InChI=1S/C20H24F3N3O3.HI/c21-20(22,23)29-18-6-2-1-4-16(18)13-26-19(25-12-15-8-11-27-14-15)24-9-7-17-5-3-10-28-17;/h1-6,10,15H,7-9,11-14H2,(H2,24,25,26);1H. The van der Waals surface area contributed by atoms with Gasteiger partial charge in [0, 0.05) is 37.6 Å². The Morgan fingerprint density at radius 2 is 2.00 bits per heavy atom. The minimum absolute atomic E-state index is 0. The van der Waals surface area contributed by atoms with Crippen molar-refractivity contribution in [3.05, 3.63) is 54.0 Å². The summed E-state index contributed by atoms with van der Waals surface area (Å²) >= 11 is 0. The molecule has 10 heteroatoms. The van der Waals surface area contributed by atoms with Gasteiger partial charge >= 0.3 is 6.36 Å². The molecular formula is C20H25F3IN3O3. The van der Waals surface area contributed by atoms with Crippen LogP contribution in [0.1, 0.15) is 17.7 Å². The summed E-state index contributed by atoms with van der Waals surface area (Å²) in [7, 11) is 0. The number of hydrogen-bond acceptors (Lipinski definition) is 4. The van der Waals surface area contributed by atoms with E-state index in [2.05, 4.69) is 20.4 Å². The minimum atomic E-state index is -4.75. The van der Waals surface area contributed by atoms with Crippen molar-refractivity contribution in [2.24, 2.45) is 10.9 Å². The number of furan rings is 1. The number of aliphatic imine (C=N–C) groups is 1. The molecule has 0 saturated carbocycles. The highest BCUT2D eigenvalue weighted by molar-refractivity contribution is 14.0. The van der Waals surface area contributed by atoms with E-state index in [4.69, 9.17) is 9.15 Å². The van der Waals surface area contributed by atoms with Gasteiger partial charge in [-0.2, -0.15) is 0 Å². The van der Waals surface area contributed by atoms with Crippen LogP contribution in [0.2, 0.25) is 0 Å². The molecule has 2 aromatic rings. The van der Waals surface area contributed by atoms with Gasteiger partial charge in [-0.1, -0.05) is 18.2 Å². The molecule has 1 aromatic carbocycles. The molecule has 1 atom stereocenters. The number of guanidine groups is 1. The predicted octanol–water partition coefficient (Wildman–Crippen LogP) is 4.11. The molecule has 2 heterocycles. The zero-order valence-electron chi connectivity index (χ0n) is 16.3. The van der Waals surface area contributed by atoms with E-state index in [0.717, 1.165) is 18.8 Å². The fourth-order valence-electron chi connectivity index (χ4n) is 2.94. The summed E-state index contributed by atoms with van der Waals surface area (Å²) in [5, 5.41) is 6.44. The first-order chi connectivity index (χ1) is 14.0. The summed E-state index contributed by atoms with van der Waals surface area (Å²) in [6.07, 6.45) is -1.51. The van der Waals surface area contributed by atoms with E-state index in [-0.39, 0.29) is 36.3 Å². The average Bonchev–Trinajstić information content (AvgIpc) is 3.37. The van der Waals surface area contributed by atoms with Gasteiger partial charge in [0.15, 0.2) is 5.96 Å². The highest BCUT2D eigenvalue weighted by atomic mass is 127. The van der Waals surface area contributed by atoms with Gasteiger partial charge in [-0.05, 0) is 24.6 Å². The molecule has 0 aliphatic carbocycles. The number of benzene rings is 1. The zero-order valence-corrected chi connectivity index (χ0v) is 18.6. The van der Waals surface area contributed by atoms with Gasteiger partial charge in [-0.15, -0.1) is 37.1 Å². The lowest BCUT2D eigenvalue weighted by Crippen LogP contribution is -2.41. The zero-order chi connectivity index (χ0) is 20.5. The Morgan fingerprint density at radius 3 is 2.70 bits per heavy atom. The van der Waals surface area contributed by atoms with E-state index in [1.54, 1.807) is 18.4 Å². The third-order valence-corrected chi connectivity index (χ3v) is 4.43. The molecule has 1 unspecified atom stereocenters. The monoisotopic (exact) mass is 539 g/mol. The largest absolute Gasteiger partial charge is 0.573 e. The molecule has 1 aliphatic rings. The van der Waals surface area contributed by atoms with Gasteiger partial charge in [0.05, 0.1) is 19.4 Å². The first-order valence-corrected chi connectivity index (χ1v) is 9.45. The number of rotatable bonds is 8. The van der Waals surface area contributed by atoms with Gasteiger partial charge in [0.25, 0.3) is 0 Å². The quantitative estimate of drug-likeness (QED) is 0.301. The Balaban J connectivity index is 0.00000320. The van der Waals surface area contributed by atoms with Crippen LogP contribution in [0.15, 0.2) is 52.1 Å². The van der Waals surface area contributed by atoms with E-state index in [1.165, 1.54) is 12.1 Å². The molecule has 2 N–H and O–H groups in total. The second kappa shape index (κ2) is 12.0. The van der Waals surface area contributed by atoms with Crippen molar-refractivity contribution < 1.29 is 27.1 Å². The topological polar surface area (TPSA) is 68.0 Å². The minimum Gasteiger partial charge on any atom is -0.469 e. The summed E-state index contributed by atoms with van der Waals surface area (Å²) in [5.41, 5.74) is 0.348. The van der Waals surface area contributed by atoms with E-state index in [1.807, 2.05) is 12.1 Å². The fraction of sp³-hybridized carbons (Fsp3) is 0.450. The first kappa shape index (κ1) is 24.3. The lowest BCUT2D eigenvalue weighted by molar-refractivity contribution is -0.274. The predicted molar refractivity (Wildman–Crippen MR) is 117 cm³/mol. The SMILES string of the molecule is FC(F)(F)Oc1ccccc1CN=C(NCCc1ccco1)NCC1CCOC1.I. The Bertz CT molecular complexity index is 779. The Morgan fingerprint density at radius 1 is 1.17 bits per heavy atom. The highest BCUT2D eigenvalue weighted by Gasteiger charge is 2.31. The maximum Gasteiger partial charge on any atom is 0.573 e. The molecule has 1 aliphatic heterocycles. The molecule has 0 radical (unpaired) electrons. The molecule has 166 valence electrons. The van der Waals surface area contributed by atoms with Gasteiger partial charge in [-0.25, -0.2) is 4.99 Å². The van der Waals surface area contributed by atoms with Crippen LogP contribution in [0.5, 0.6) is 5.75 Å².